The van der Waals surface area contributed by atoms with Crippen molar-refractivity contribution in [1.29, 1.82) is 0 Å². The highest BCUT2D eigenvalue weighted by atomic mass is 16.7. The van der Waals surface area contributed by atoms with Crippen LogP contribution in [0.4, 0.5) is 0 Å². The Hall–Kier alpha value is -1.14. The molecule has 0 aromatic heterocycles. The molecule has 2 aliphatic heterocycles. The van der Waals surface area contributed by atoms with E-state index in [0.29, 0.717) is 0 Å². The van der Waals surface area contributed by atoms with Gasteiger partial charge >= 0.3 is 11.9 Å². The molecule has 0 amide bonds. The van der Waals surface area contributed by atoms with Crippen molar-refractivity contribution in [2.75, 3.05) is 26.2 Å². The Kier molecular flexibility index (Phi) is 6.26. The van der Waals surface area contributed by atoms with E-state index in [1.165, 1.54) is 12.8 Å². The summed E-state index contributed by atoms with van der Waals surface area (Å²) in [5, 5.41) is 3.39. The summed E-state index contributed by atoms with van der Waals surface area (Å²) in [6, 6.07) is 0. The van der Waals surface area contributed by atoms with Gasteiger partial charge in [-0.15, -0.1) is 10.1 Å². The van der Waals surface area contributed by atoms with Gasteiger partial charge in [0.2, 0.25) is 0 Å². The van der Waals surface area contributed by atoms with Crippen molar-refractivity contribution in [3.63, 3.8) is 0 Å². The zero-order chi connectivity index (χ0) is 14.2. The summed E-state index contributed by atoms with van der Waals surface area (Å²) in [6.45, 7) is 3.18. The smallest absolute Gasteiger partial charge is 0.325 e. The molecule has 0 unspecified atom stereocenters. The molecule has 0 aliphatic carbocycles. The lowest BCUT2D eigenvalue weighted by molar-refractivity contribution is -0.201. The molecule has 114 valence electrons. The van der Waals surface area contributed by atoms with E-state index in [9.17, 15) is 9.59 Å². The van der Waals surface area contributed by atoms with Gasteiger partial charge in [-0.05, 0) is 25.7 Å². The lowest BCUT2D eigenvalue weighted by Gasteiger charge is -2.25. The van der Waals surface area contributed by atoms with Gasteiger partial charge in [-0.3, -0.25) is 9.59 Å². The molecule has 6 nitrogen and oxygen atoms in total. The van der Waals surface area contributed by atoms with Crippen molar-refractivity contribution in [2.45, 2.75) is 51.4 Å². The number of piperidine rings is 2. The number of carbonyl (C=O) groups is 2. The monoisotopic (exact) mass is 284 g/mol. The Morgan fingerprint density at radius 3 is 1.35 bits per heavy atom. The van der Waals surface area contributed by atoms with E-state index >= 15 is 0 Å². The average Bonchev–Trinajstić information content (AvgIpc) is 2.47. The molecule has 0 spiro atoms. The third-order valence-electron chi connectivity index (χ3n) is 3.63. The third kappa shape index (κ3) is 5.46. The second kappa shape index (κ2) is 8.21. The zero-order valence-electron chi connectivity index (χ0n) is 12.0. The molecular formula is C14H24N2O4. The molecule has 0 saturated carbocycles. The molecule has 6 heteroatoms. The molecule has 2 saturated heterocycles. The van der Waals surface area contributed by atoms with Gasteiger partial charge in [0.05, 0.1) is 12.8 Å². The van der Waals surface area contributed by atoms with Crippen LogP contribution >= 0.6 is 0 Å². The lowest BCUT2D eigenvalue weighted by Crippen LogP contribution is -2.33. The Labute approximate surface area is 119 Å². The van der Waals surface area contributed by atoms with E-state index in [1.54, 1.807) is 10.1 Å². The van der Waals surface area contributed by atoms with Gasteiger partial charge in [0.25, 0.3) is 0 Å². The van der Waals surface area contributed by atoms with Crippen LogP contribution in [0.1, 0.15) is 51.4 Å². The summed E-state index contributed by atoms with van der Waals surface area (Å²) in [7, 11) is 0. The van der Waals surface area contributed by atoms with Gasteiger partial charge < -0.3 is 9.68 Å². The largest absolute Gasteiger partial charge is 0.368 e. The Balaban J connectivity index is 1.58. The first-order chi connectivity index (χ1) is 9.74. The molecule has 0 N–H and O–H groups in total. The Morgan fingerprint density at radius 1 is 0.650 bits per heavy atom. The molecule has 0 atom stereocenters. The fourth-order valence-corrected chi connectivity index (χ4v) is 2.50. The molecule has 20 heavy (non-hydrogen) atoms. The number of rotatable bonds is 5. The average molecular weight is 284 g/mol. The summed E-state index contributed by atoms with van der Waals surface area (Å²) in [5.74, 6) is -0.690. The van der Waals surface area contributed by atoms with Crippen molar-refractivity contribution in [1.82, 2.24) is 10.1 Å². The standard InChI is InChI=1S/C14H24N2O4/c17-13(19-15-9-3-1-4-10-15)7-8-14(18)20-16-11-5-2-6-12-16/h1-12H2. The van der Waals surface area contributed by atoms with Crippen LogP contribution in [0.3, 0.4) is 0 Å². The van der Waals surface area contributed by atoms with Gasteiger partial charge in [-0.1, -0.05) is 12.8 Å². The third-order valence-corrected chi connectivity index (χ3v) is 3.63. The maximum atomic E-state index is 11.6. The van der Waals surface area contributed by atoms with E-state index in [1.807, 2.05) is 0 Å². The van der Waals surface area contributed by atoms with Gasteiger partial charge in [0, 0.05) is 26.2 Å². The molecule has 2 aliphatic rings. The molecule has 0 radical (unpaired) electrons. The lowest BCUT2D eigenvalue weighted by atomic mass is 10.2. The van der Waals surface area contributed by atoms with Gasteiger partial charge in [0.1, 0.15) is 0 Å². The van der Waals surface area contributed by atoms with Crippen LogP contribution < -0.4 is 0 Å². The number of hydrogen-bond acceptors (Lipinski definition) is 6. The van der Waals surface area contributed by atoms with E-state index in [2.05, 4.69) is 0 Å². The first-order valence-corrected chi connectivity index (χ1v) is 7.65. The molecule has 0 bridgehead atoms. The molecule has 2 rings (SSSR count). The van der Waals surface area contributed by atoms with E-state index in [0.717, 1.165) is 51.9 Å². The van der Waals surface area contributed by atoms with Crippen molar-refractivity contribution in [3.8, 4) is 0 Å². The number of nitrogens with zero attached hydrogens (tertiary/aromatic N) is 2. The molecule has 0 aromatic rings. The fourth-order valence-electron chi connectivity index (χ4n) is 2.50. The number of hydrogen-bond donors (Lipinski definition) is 0. The van der Waals surface area contributed by atoms with E-state index in [4.69, 9.17) is 9.68 Å². The minimum Gasteiger partial charge on any atom is -0.368 e. The summed E-state index contributed by atoms with van der Waals surface area (Å²) >= 11 is 0. The van der Waals surface area contributed by atoms with Crippen molar-refractivity contribution in [2.24, 2.45) is 0 Å². The minimum atomic E-state index is -0.345. The first kappa shape index (κ1) is 15.3. The molecule has 0 aromatic carbocycles. The maximum Gasteiger partial charge on any atom is 0.325 e. The summed E-state index contributed by atoms with van der Waals surface area (Å²) < 4.78 is 0. The van der Waals surface area contributed by atoms with Crippen LogP contribution in [0.2, 0.25) is 0 Å². The Morgan fingerprint density at radius 2 is 1.00 bits per heavy atom. The highest BCUT2D eigenvalue weighted by Crippen LogP contribution is 2.11. The van der Waals surface area contributed by atoms with Crippen LogP contribution in [0.15, 0.2) is 0 Å². The van der Waals surface area contributed by atoms with Crippen LogP contribution in [-0.2, 0) is 19.3 Å². The maximum absolute atomic E-state index is 11.6. The van der Waals surface area contributed by atoms with E-state index in [-0.39, 0.29) is 24.8 Å². The first-order valence-electron chi connectivity index (χ1n) is 7.65. The van der Waals surface area contributed by atoms with Crippen LogP contribution in [0.25, 0.3) is 0 Å². The molecule has 2 fully saturated rings. The fraction of sp³-hybridized carbons (Fsp3) is 0.857. The number of hydroxylamine groups is 4. The summed E-state index contributed by atoms with van der Waals surface area (Å²) in [5.41, 5.74) is 0. The highest BCUT2D eigenvalue weighted by molar-refractivity contribution is 5.77. The van der Waals surface area contributed by atoms with Crippen molar-refractivity contribution >= 4 is 11.9 Å². The van der Waals surface area contributed by atoms with Crippen LogP contribution in [0.5, 0.6) is 0 Å². The van der Waals surface area contributed by atoms with E-state index < -0.39 is 0 Å². The van der Waals surface area contributed by atoms with Gasteiger partial charge in [-0.2, -0.15) is 0 Å². The topological polar surface area (TPSA) is 59.1 Å². The second-order valence-electron chi connectivity index (χ2n) is 5.41. The second-order valence-corrected chi connectivity index (χ2v) is 5.41. The molecule has 2 heterocycles. The van der Waals surface area contributed by atoms with Crippen molar-refractivity contribution in [3.05, 3.63) is 0 Å². The SMILES string of the molecule is O=C(CCC(=O)ON1CCCCC1)ON1CCCCC1. The highest BCUT2D eigenvalue weighted by Gasteiger charge is 2.18. The predicted octanol–water partition coefficient (Wildman–Crippen LogP) is 1.65. The minimum absolute atomic E-state index is 0.0865. The van der Waals surface area contributed by atoms with Crippen molar-refractivity contribution < 1.29 is 19.3 Å². The summed E-state index contributed by atoms with van der Waals surface area (Å²) in [4.78, 5) is 33.7. The summed E-state index contributed by atoms with van der Waals surface area (Å²) in [6.07, 6.45) is 6.79. The van der Waals surface area contributed by atoms with Crippen LogP contribution in [-0.4, -0.2) is 48.2 Å². The number of carbonyl (C=O) groups excluding carboxylic acids is 2. The van der Waals surface area contributed by atoms with Gasteiger partial charge in [0.15, 0.2) is 0 Å². The zero-order valence-corrected chi connectivity index (χ0v) is 12.0. The predicted molar refractivity (Wildman–Crippen MR) is 72.3 cm³/mol. The Bertz CT molecular complexity index is 291. The van der Waals surface area contributed by atoms with Crippen LogP contribution in [0, 0.1) is 0 Å². The molecular weight excluding hydrogens is 260 g/mol. The normalized spacial score (nSPS) is 21.4. The quantitative estimate of drug-likeness (QED) is 0.765. The van der Waals surface area contributed by atoms with Gasteiger partial charge in [-0.25, -0.2) is 0 Å².